The molecule has 0 bridgehead atoms. The molecule has 0 aromatic carbocycles. The van der Waals surface area contributed by atoms with Crippen LogP contribution in [0, 0.1) is 19.8 Å². The van der Waals surface area contributed by atoms with E-state index in [1.54, 1.807) is 11.3 Å². The summed E-state index contributed by atoms with van der Waals surface area (Å²) >= 11 is 1.78. The highest BCUT2D eigenvalue weighted by Crippen LogP contribution is 2.30. The first-order valence-corrected chi connectivity index (χ1v) is 7.09. The Labute approximate surface area is 102 Å². The summed E-state index contributed by atoms with van der Waals surface area (Å²) in [6.07, 6.45) is 6.77. The van der Waals surface area contributed by atoms with Crippen molar-refractivity contribution in [2.45, 2.75) is 58.5 Å². The van der Waals surface area contributed by atoms with Crippen LogP contribution in [0.1, 0.15) is 47.7 Å². The molecule has 1 unspecified atom stereocenters. The number of rotatable bonds is 4. The van der Waals surface area contributed by atoms with E-state index >= 15 is 0 Å². The minimum Gasteiger partial charge on any atom is -0.393 e. The van der Waals surface area contributed by atoms with Gasteiger partial charge < -0.3 is 5.11 Å². The second-order valence-corrected chi connectivity index (χ2v) is 6.19. The Hall–Kier alpha value is -0.410. The van der Waals surface area contributed by atoms with Gasteiger partial charge in [-0.15, -0.1) is 11.3 Å². The Morgan fingerprint density at radius 1 is 1.38 bits per heavy atom. The Morgan fingerprint density at radius 3 is 2.62 bits per heavy atom. The first-order valence-electron chi connectivity index (χ1n) is 6.28. The molecule has 16 heavy (non-hydrogen) atoms. The van der Waals surface area contributed by atoms with E-state index in [9.17, 15) is 5.11 Å². The van der Waals surface area contributed by atoms with Crippen molar-refractivity contribution >= 4 is 11.3 Å². The van der Waals surface area contributed by atoms with Gasteiger partial charge in [0.25, 0.3) is 0 Å². The summed E-state index contributed by atoms with van der Waals surface area (Å²) in [6, 6.07) is 0. The smallest absolute Gasteiger partial charge is 0.0931 e. The Balaban J connectivity index is 1.82. The molecule has 1 aromatic rings. The van der Waals surface area contributed by atoms with Crippen molar-refractivity contribution in [1.29, 1.82) is 0 Å². The monoisotopic (exact) mass is 239 g/mol. The van der Waals surface area contributed by atoms with Crippen LogP contribution in [-0.4, -0.2) is 16.2 Å². The fourth-order valence-electron chi connectivity index (χ4n) is 2.50. The summed E-state index contributed by atoms with van der Waals surface area (Å²) < 4.78 is 0. The molecule has 1 N–H and O–H groups in total. The van der Waals surface area contributed by atoms with Gasteiger partial charge in [0, 0.05) is 11.3 Å². The third-order valence-electron chi connectivity index (χ3n) is 3.67. The molecule has 0 amide bonds. The molecule has 1 aromatic heterocycles. The first kappa shape index (κ1) is 12.1. The zero-order valence-corrected chi connectivity index (χ0v) is 11.0. The maximum atomic E-state index is 10.1. The normalized spacial score (nSPS) is 19.2. The van der Waals surface area contributed by atoms with Gasteiger partial charge in [-0.1, -0.05) is 12.8 Å². The highest BCUT2D eigenvalue weighted by atomic mass is 32.1. The third kappa shape index (κ3) is 2.83. The topological polar surface area (TPSA) is 33.1 Å². The van der Waals surface area contributed by atoms with Crippen molar-refractivity contribution in [2.75, 3.05) is 0 Å². The summed E-state index contributed by atoms with van der Waals surface area (Å²) in [7, 11) is 0. The van der Waals surface area contributed by atoms with E-state index < -0.39 is 0 Å². The number of thiazole rings is 1. The summed E-state index contributed by atoms with van der Waals surface area (Å²) in [5.74, 6) is 0.558. The molecule has 1 saturated carbocycles. The maximum Gasteiger partial charge on any atom is 0.0931 e. The van der Waals surface area contributed by atoms with Gasteiger partial charge in [0.1, 0.15) is 0 Å². The number of hydrogen-bond donors (Lipinski definition) is 1. The highest BCUT2D eigenvalue weighted by Gasteiger charge is 2.23. The molecule has 2 nitrogen and oxygen atoms in total. The van der Waals surface area contributed by atoms with E-state index in [-0.39, 0.29) is 6.10 Å². The maximum absolute atomic E-state index is 10.1. The lowest BCUT2D eigenvalue weighted by Crippen LogP contribution is -2.18. The van der Waals surface area contributed by atoms with Crippen LogP contribution < -0.4 is 0 Å². The molecule has 0 spiro atoms. The predicted molar refractivity (Wildman–Crippen MR) is 67.9 cm³/mol. The van der Waals surface area contributed by atoms with E-state index in [4.69, 9.17) is 0 Å². The van der Waals surface area contributed by atoms with E-state index in [0.29, 0.717) is 5.92 Å². The van der Waals surface area contributed by atoms with E-state index in [0.717, 1.165) is 18.5 Å². The molecule has 3 heteroatoms. The van der Waals surface area contributed by atoms with Crippen molar-refractivity contribution in [1.82, 2.24) is 4.98 Å². The van der Waals surface area contributed by atoms with Crippen LogP contribution in [0.25, 0.3) is 0 Å². The third-order valence-corrected chi connectivity index (χ3v) is 4.80. The van der Waals surface area contributed by atoms with Gasteiger partial charge in [0.15, 0.2) is 0 Å². The van der Waals surface area contributed by atoms with Gasteiger partial charge in [0.2, 0.25) is 0 Å². The number of aromatic nitrogens is 1. The van der Waals surface area contributed by atoms with E-state index in [1.807, 2.05) is 0 Å². The molecular weight excluding hydrogens is 218 g/mol. The number of hydrogen-bond acceptors (Lipinski definition) is 3. The van der Waals surface area contributed by atoms with Crippen LogP contribution in [-0.2, 0) is 6.42 Å². The van der Waals surface area contributed by atoms with Gasteiger partial charge in [-0.25, -0.2) is 4.98 Å². The predicted octanol–water partition coefficient (Wildman–Crippen LogP) is 3.24. The average molecular weight is 239 g/mol. The first-order chi connectivity index (χ1) is 7.66. The minimum absolute atomic E-state index is 0.105. The van der Waals surface area contributed by atoms with Crippen LogP contribution in [0.5, 0.6) is 0 Å². The Morgan fingerprint density at radius 2 is 2.06 bits per heavy atom. The van der Waals surface area contributed by atoms with Crippen molar-refractivity contribution in [3.05, 3.63) is 15.6 Å². The second kappa shape index (κ2) is 5.28. The minimum atomic E-state index is -0.105. The largest absolute Gasteiger partial charge is 0.393 e. The zero-order valence-electron chi connectivity index (χ0n) is 10.2. The lowest BCUT2D eigenvalue weighted by Gasteiger charge is -2.16. The van der Waals surface area contributed by atoms with Gasteiger partial charge in [-0.2, -0.15) is 0 Å². The summed E-state index contributed by atoms with van der Waals surface area (Å²) in [4.78, 5) is 5.83. The fourth-order valence-corrected chi connectivity index (χ4v) is 3.44. The number of aliphatic hydroxyl groups is 1. The fraction of sp³-hybridized carbons (Fsp3) is 0.769. The lowest BCUT2D eigenvalue weighted by atomic mass is 9.97. The van der Waals surface area contributed by atoms with Crippen LogP contribution >= 0.6 is 11.3 Å². The molecule has 90 valence electrons. The highest BCUT2D eigenvalue weighted by molar-refractivity contribution is 7.11. The quantitative estimate of drug-likeness (QED) is 0.875. The van der Waals surface area contributed by atoms with Crippen LogP contribution in [0.2, 0.25) is 0 Å². The van der Waals surface area contributed by atoms with Crippen molar-refractivity contribution in [3.63, 3.8) is 0 Å². The molecule has 0 saturated heterocycles. The molecule has 1 fully saturated rings. The number of aryl methyl sites for hydroxylation is 3. The van der Waals surface area contributed by atoms with Gasteiger partial charge in [-0.3, -0.25) is 0 Å². The molecule has 1 aliphatic rings. The van der Waals surface area contributed by atoms with Crippen molar-refractivity contribution in [3.8, 4) is 0 Å². The molecule has 1 aliphatic carbocycles. The summed E-state index contributed by atoms with van der Waals surface area (Å²) in [6.45, 7) is 4.17. The molecule has 1 heterocycles. The van der Waals surface area contributed by atoms with Gasteiger partial charge >= 0.3 is 0 Å². The number of nitrogens with zero attached hydrogens (tertiary/aromatic N) is 1. The molecule has 1 atom stereocenters. The SMILES string of the molecule is Cc1nc(CCC(O)C2CCCC2)sc1C. The van der Waals surface area contributed by atoms with Crippen molar-refractivity contribution < 1.29 is 5.11 Å². The van der Waals surface area contributed by atoms with Crippen LogP contribution in [0.15, 0.2) is 0 Å². The van der Waals surface area contributed by atoms with Gasteiger partial charge in [-0.05, 0) is 39.0 Å². The number of aliphatic hydroxyl groups excluding tert-OH is 1. The van der Waals surface area contributed by atoms with E-state index in [2.05, 4.69) is 18.8 Å². The van der Waals surface area contributed by atoms with Crippen LogP contribution in [0.3, 0.4) is 0 Å². The lowest BCUT2D eigenvalue weighted by molar-refractivity contribution is 0.102. The molecule has 0 aliphatic heterocycles. The van der Waals surface area contributed by atoms with E-state index in [1.165, 1.54) is 35.6 Å². The van der Waals surface area contributed by atoms with Crippen LogP contribution in [0.4, 0.5) is 0 Å². The molecule has 0 radical (unpaired) electrons. The average Bonchev–Trinajstić information content (AvgIpc) is 2.86. The molecule has 2 rings (SSSR count). The summed E-state index contributed by atoms with van der Waals surface area (Å²) in [5, 5.41) is 11.3. The Bertz CT molecular complexity index is 322. The van der Waals surface area contributed by atoms with Gasteiger partial charge in [0.05, 0.1) is 16.8 Å². The second-order valence-electron chi connectivity index (χ2n) is 4.90. The van der Waals surface area contributed by atoms with Crippen molar-refractivity contribution in [2.24, 2.45) is 5.92 Å². The Kier molecular flexibility index (Phi) is 3.98. The molecular formula is C13H21NOS. The summed E-state index contributed by atoms with van der Waals surface area (Å²) in [5.41, 5.74) is 1.15. The standard InChI is InChI=1S/C13H21NOS/c1-9-10(2)16-13(14-9)8-7-12(15)11-5-3-4-6-11/h11-12,15H,3-8H2,1-2H3. The zero-order chi connectivity index (χ0) is 11.5.